The molecule has 1 unspecified atom stereocenters. The van der Waals surface area contributed by atoms with E-state index in [1.807, 2.05) is 50.2 Å². The minimum Gasteiger partial charge on any atom is -0.507 e. The van der Waals surface area contributed by atoms with Gasteiger partial charge in [-0.2, -0.15) is 0 Å². The van der Waals surface area contributed by atoms with Crippen LogP contribution in [0.1, 0.15) is 30.5 Å². The lowest BCUT2D eigenvalue weighted by molar-refractivity contribution is -0.139. The summed E-state index contributed by atoms with van der Waals surface area (Å²) in [6, 6.07) is 11.7. The number of anilines is 1. The zero-order valence-electron chi connectivity index (χ0n) is 17.5. The van der Waals surface area contributed by atoms with Gasteiger partial charge in [0.15, 0.2) is 0 Å². The van der Waals surface area contributed by atoms with Crippen LogP contribution >= 0.6 is 11.6 Å². The Kier molecular flexibility index (Phi) is 6.37. The maximum Gasteiger partial charge on any atom is 0.295 e. The van der Waals surface area contributed by atoms with Crippen LogP contribution in [0.4, 0.5) is 5.69 Å². The van der Waals surface area contributed by atoms with E-state index in [9.17, 15) is 14.7 Å². The number of carbonyl (C=O) groups excluding carboxylic acids is 2. The van der Waals surface area contributed by atoms with Gasteiger partial charge in [0, 0.05) is 31.9 Å². The van der Waals surface area contributed by atoms with E-state index in [4.69, 9.17) is 16.3 Å². The van der Waals surface area contributed by atoms with Gasteiger partial charge in [-0.1, -0.05) is 30.7 Å². The predicted molar refractivity (Wildman–Crippen MR) is 118 cm³/mol. The van der Waals surface area contributed by atoms with Crippen molar-refractivity contribution in [3.8, 4) is 5.75 Å². The number of ether oxygens (including phenoxy) is 1. The molecule has 1 heterocycles. The highest BCUT2D eigenvalue weighted by Gasteiger charge is 2.45. The summed E-state index contributed by atoms with van der Waals surface area (Å²) in [6.07, 6.45) is 0.688. The number of carbonyl (C=O) groups is 2. The van der Waals surface area contributed by atoms with Crippen LogP contribution in [0, 0.1) is 0 Å². The SMILES string of the molecule is CCCN1C(=O)C(=O)/C(=C(\O)c2ccc(OC)c(Cl)c2)C1c1ccc(N(C)C)cc1. The van der Waals surface area contributed by atoms with Gasteiger partial charge in [-0.15, -0.1) is 0 Å². The van der Waals surface area contributed by atoms with Crippen LogP contribution < -0.4 is 9.64 Å². The van der Waals surface area contributed by atoms with Crippen LogP contribution in [0.25, 0.3) is 5.76 Å². The molecule has 1 N–H and O–H groups in total. The fourth-order valence-corrected chi connectivity index (χ4v) is 3.88. The monoisotopic (exact) mass is 428 g/mol. The smallest absolute Gasteiger partial charge is 0.295 e. The van der Waals surface area contributed by atoms with Gasteiger partial charge in [-0.05, 0) is 42.3 Å². The number of hydrogen-bond donors (Lipinski definition) is 1. The van der Waals surface area contributed by atoms with E-state index in [0.29, 0.717) is 29.3 Å². The van der Waals surface area contributed by atoms with E-state index in [-0.39, 0.29) is 11.3 Å². The molecular formula is C23H25ClN2O4. The minimum absolute atomic E-state index is 0.0623. The summed E-state index contributed by atoms with van der Waals surface area (Å²) in [5, 5.41) is 11.3. The number of halogens is 1. The summed E-state index contributed by atoms with van der Waals surface area (Å²) in [5.74, 6) is -1.11. The Hall–Kier alpha value is -2.99. The largest absolute Gasteiger partial charge is 0.507 e. The summed E-state index contributed by atoms with van der Waals surface area (Å²) in [4.78, 5) is 29.1. The second-order valence-corrected chi connectivity index (χ2v) is 7.73. The molecule has 0 saturated carbocycles. The molecule has 6 nitrogen and oxygen atoms in total. The molecular weight excluding hydrogens is 404 g/mol. The second kappa shape index (κ2) is 8.79. The highest BCUT2D eigenvalue weighted by molar-refractivity contribution is 6.46. The van der Waals surface area contributed by atoms with Crippen molar-refractivity contribution >= 4 is 34.7 Å². The third-order valence-electron chi connectivity index (χ3n) is 5.15. The Morgan fingerprint density at radius 2 is 1.83 bits per heavy atom. The number of methoxy groups -OCH3 is 1. The quantitative estimate of drug-likeness (QED) is 0.423. The van der Waals surface area contributed by atoms with Crippen LogP contribution in [0.3, 0.4) is 0 Å². The Balaban J connectivity index is 2.15. The average molecular weight is 429 g/mol. The molecule has 2 aromatic carbocycles. The van der Waals surface area contributed by atoms with Crippen LogP contribution in [-0.2, 0) is 9.59 Å². The first kappa shape index (κ1) is 21.7. The molecule has 0 radical (unpaired) electrons. The second-order valence-electron chi connectivity index (χ2n) is 7.33. The number of ketones is 1. The van der Waals surface area contributed by atoms with E-state index in [0.717, 1.165) is 11.3 Å². The topological polar surface area (TPSA) is 70.1 Å². The third-order valence-corrected chi connectivity index (χ3v) is 5.45. The molecule has 158 valence electrons. The zero-order valence-corrected chi connectivity index (χ0v) is 18.2. The van der Waals surface area contributed by atoms with Crippen LogP contribution in [-0.4, -0.2) is 49.4 Å². The summed E-state index contributed by atoms with van der Waals surface area (Å²) in [5.41, 5.74) is 2.17. The zero-order chi connectivity index (χ0) is 22.0. The predicted octanol–water partition coefficient (Wildman–Crippen LogP) is 4.25. The van der Waals surface area contributed by atoms with Crippen LogP contribution in [0.5, 0.6) is 5.75 Å². The number of aliphatic hydroxyl groups excluding tert-OH is 1. The molecule has 7 heteroatoms. The van der Waals surface area contributed by atoms with Gasteiger partial charge in [0.05, 0.1) is 23.7 Å². The van der Waals surface area contributed by atoms with Gasteiger partial charge in [0.25, 0.3) is 11.7 Å². The lowest BCUT2D eigenvalue weighted by atomic mass is 9.95. The molecule has 2 aromatic rings. The summed E-state index contributed by atoms with van der Waals surface area (Å²) in [6.45, 7) is 2.35. The minimum atomic E-state index is -0.699. The molecule has 1 atom stereocenters. The molecule has 1 amide bonds. The molecule has 0 spiro atoms. The molecule has 30 heavy (non-hydrogen) atoms. The number of benzene rings is 2. The van der Waals surface area contributed by atoms with Crippen molar-refractivity contribution in [3.05, 3.63) is 64.2 Å². The molecule has 3 rings (SSSR count). The first-order valence-corrected chi connectivity index (χ1v) is 10.1. The maximum absolute atomic E-state index is 12.9. The Morgan fingerprint density at radius 1 is 1.17 bits per heavy atom. The Morgan fingerprint density at radius 3 is 2.37 bits per heavy atom. The first-order valence-electron chi connectivity index (χ1n) is 9.69. The Bertz CT molecular complexity index is 999. The lowest BCUT2D eigenvalue weighted by Gasteiger charge is -2.25. The van der Waals surface area contributed by atoms with Gasteiger partial charge in [0.1, 0.15) is 11.5 Å². The fraction of sp³-hybridized carbons (Fsp3) is 0.304. The first-order chi connectivity index (χ1) is 14.3. The van der Waals surface area contributed by atoms with Crippen molar-refractivity contribution in [2.24, 2.45) is 0 Å². The highest BCUT2D eigenvalue weighted by Crippen LogP contribution is 2.40. The maximum atomic E-state index is 12.9. The van der Waals surface area contributed by atoms with E-state index >= 15 is 0 Å². The summed E-state index contributed by atoms with van der Waals surface area (Å²) < 4.78 is 5.15. The van der Waals surface area contributed by atoms with E-state index in [1.165, 1.54) is 18.1 Å². The van der Waals surface area contributed by atoms with E-state index < -0.39 is 17.7 Å². The number of aliphatic hydroxyl groups is 1. The molecule has 1 saturated heterocycles. The number of nitrogens with zero attached hydrogens (tertiary/aromatic N) is 2. The lowest BCUT2D eigenvalue weighted by Crippen LogP contribution is -2.30. The summed E-state index contributed by atoms with van der Waals surface area (Å²) in [7, 11) is 5.37. The number of rotatable bonds is 6. The number of likely N-dealkylation sites (tertiary alicyclic amines) is 1. The van der Waals surface area contributed by atoms with Gasteiger partial charge in [-0.3, -0.25) is 9.59 Å². The van der Waals surface area contributed by atoms with Gasteiger partial charge in [0.2, 0.25) is 0 Å². The molecule has 0 aliphatic carbocycles. The molecule has 1 aliphatic rings. The standard InChI is InChI=1S/C23H25ClN2O4/c1-5-12-26-20(14-6-9-16(10-7-14)25(2)3)19(22(28)23(26)29)21(27)15-8-11-18(30-4)17(24)13-15/h6-11,13,20,27H,5,12H2,1-4H3/b21-19-. The number of hydrogen-bond acceptors (Lipinski definition) is 5. The Labute approximate surface area is 181 Å². The summed E-state index contributed by atoms with van der Waals surface area (Å²) >= 11 is 6.20. The molecule has 1 aliphatic heterocycles. The molecule has 1 fully saturated rings. The molecule has 0 bridgehead atoms. The number of amides is 1. The van der Waals surface area contributed by atoms with Gasteiger partial charge >= 0.3 is 0 Å². The highest BCUT2D eigenvalue weighted by atomic mass is 35.5. The van der Waals surface area contributed by atoms with Crippen molar-refractivity contribution in [2.45, 2.75) is 19.4 Å². The van der Waals surface area contributed by atoms with Crippen molar-refractivity contribution in [3.63, 3.8) is 0 Å². The average Bonchev–Trinajstić information content (AvgIpc) is 2.98. The van der Waals surface area contributed by atoms with Gasteiger partial charge < -0.3 is 19.6 Å². The third kappa shape index (κ3) is 3.87. The van der Waals surface area contributed by atoms with E-state index in [1.54, 1.807) is 12.1 Å². The van der Waals surface area contributed by atoms with Crippen molar-refractivity contribution in [2.75, 3.05) is 32.6 Å². The fourth-order valence-electron chi connectivity index (χ4n) is 3.62. The number of Topliss-reactive ketones (excluding diaryl/α,β-unsaturated/α-hetero) is 1. The van der Waals surface area contributed by atoms with Crippen LogP contribution in [0.15, 0.2) is 48.0 Å². The van der Waals surface area contributed by atoms with Gasteiger partial charge in [-0.25, -0.2) is 0 Å². The normalized spacial score (nSPS) is 18.0. The van der Waals surface area contributed by atoms with Crippen LogP contribution in [0.2, 0.25) is 5.02 Å². The van der Waals surface area contributed by atoms with E-state index in [2.05, 4.69) is 0 Å². The van der Waals surface area contributed by atoms with Crippen molar-refractivity contribution < 1.29 is 19.4 Å². The molecule has 0 aromatic heterocycles. The van der Waals surface area contributed by atoms with Crippen molar-refractivity contribution in [1.82, 2.24) is 4.90 Å². The van der Waals surface area contributed by atoms with Crippen molar-refractivity contribution in [1.29, 1.82) is 0 Å².